The molecule has 76 valence electrons. The van der Waals surface area contributed by atoms with Crippen molar-refractivity contribution in [3.05, 3.63) is 20.9 Å². The summed E-state index contributed by atoms with van der Waals surface area (Å²) in [4.78, 5) is 3.03. The van der Waals surface area contributed by atoms with E-state index in [9.17, 15) is 0 Å². The zero-order chi connectivity index (χ0) is 10.3. The first-order chi connectivity index (χ1) is 6.69. The van der Waals surface area contributed by atoms with Gasteiger partial charge >= 0.3 is 0 Å². The average Bonchev–Trinajstić information content (AvgIpc) is 2.58. The lowest BCUT2D eigenvalue weighted by Crippen LogP contribution is -1.76. The van der Waals surface area contributed by atoms with Gasteiger partial charge in [0.15, 0.2) is 0 Å². The first-order valence-electron chi connectivity index (χ1n) is 5.19. The van der Waals surface area contributed by atoms with E-state index in [1.54, 1.807) is 20.5 Å². The molecule has 2 heterocycles. The summed E-state index contributed by atoms with van der Waals surface area (Å²) in [5.41, 5.74) is 3.16. The fourth-order valence-corrected chi connectivity index (χ4v) is 5.06. The van der Waals surface area contributed by atoms with Crippen molar-refractivity contribution in [3.8, 4) is 0 Å². The molecule has 0 aromatic carbocycles. The summed E-state index contributed by atoms with van der Waals surface area (Å²) in [6.07, 6.45) is 2.35. The van der Waals surface area contributed by atoms with Gasteiger partial charge in [-0.25, -0.2) is 0 Å². The second kappa shape index (κ2) is 3.67. The second-order valence-corrected chi connectivity index (χ2v) is 6.09. The zero-order valence-corrected chi connectivity index (χ0v) is 10.9. The highest BCUT2D eigenvalue weighted by Crippen LogP contribution is 2.40. The van der Waals surface area contributed by atoms with Gasteiger partial charge < -0.3 is 0 Å². The van der Waals surface area contributed by atoms with E-state index in [0.29, 0.717) is 0 Å². The van der Waals surface area contributed by atoms with E-state index in [0.717, 1.165) is 0 Å². The Bertz CT molecular complexity index is 416. The molecule has 0 fully saturated rings. The lowest BCUT2D eigenvalue weighted by Gasteiger charge is -1.93. The van der Waals surface area contributed by atoms with Crippen LogP contribution in [0.3, 0.4) is 0 Å². The summed E-state index contributed by atoms with van der Waals surface area (Å²) in [5, 5.41) is 0. The molecule has 2 aromatic heterocycles. The summed E-state index contributed by atoms with van der Waals surface area (Å²) < 4.78 is 3.12. The van der Waals surface area contributed by atoms with Crippen LogP contribution < -0.4 is 0 Å². The topological polar surface area (TPSA) is 0 Å². The zero-order valence-electron chi connectivity index (χ0n) is 9.23. The van der Waals surface area contributed by atoms with E-state index >= 15 is 0 Å². The molecule has 0 aliphatic carbocycles. The van der Waals surface area contributed by atoms with Crippen LogP contribution >= 0.6 is 22.7 Å². The van der Waals surface area contributed by atoms with E-state index in [1.165, 1.54) is 22.6 Å². The summed E-state index contributed by atoms with van der Waals surface area (Å²) in [5.74, 6) is 0. The fraction of sp³-hybridized carbons (Fsp3) is 0.500. The van der Waals surface area contributed by atoms with E-state index in [2.05, 4.69) is 27.7 Å². The van der Waals surface area contributed by atoms with Crippen LogP contribution in [0.25, 0.3) is 9.40 Å². The number of hydrogen-bond donors (Lipinski definition) is 0. The molecule has 2 heteroatoms. The Kier molecular flexibility index (Phi) is 2.67. The van der Waals surface area contributed by atoms with Gasteiger partial charge in [0.1, 0.15) is 0 Å². The molecule has 2 rings (SSSR count). The highest BCUT2D eigenvalue weighted by molar-refractivity contribution is 7.28. The van der Waals surface area contributed by atoms with Crippen LogP contribution in [-0.2, 0) is 12.8 Å². The molecular formula is C12H16S2. The molecule has 14 heavy (non-hydrogen) atoms. The van der Waals surface area contributed by atoms with Crippen LogP contribution in [0.5, 0.6) is 0 Å². The standard InChI is InChI=1S/C12H16S2/c1-5-9-7(3)13-12-10(6-2)8(4)14-11(9)12/h5-6H2,1-4H3. The van der Waals surface area contributed by atoms with Gasteiger partial charge in [-0.2, -0.15) is 0 Å². The molecule has 0 nitrogen and oxygen atoms in total. The van der Waals surface area contributed by atoms with Crippen LogP contribution in [0.15, 0.2) is 0 Å². The molecule has 0 N–H and O–H groups in total. The van der Waals surface area contributed by atoms with Crippen LogP contribution in [0, 0.1) is 13.8 Å². The molecule has 0 amide bonds. The fourth-order valence-electron chi connectivity index (χ4n) is 2.06. The number of thiophene rings is 2. The molecule has 2 aromatic rings. The van der Waals surface area contributed by atoms with Crippen LogP contribution in [0.4, 0.5) is 0 Å². The van der Waals surface area contributed by atoms with Crippen LogP contribution in [0.2, 0.25) is 0 Å². The van der Waals surface area contributed by atoms with Crippen molar-refractivity contribution in [2.75, 3.05) is 0 Å². The number of fused-ring (bicyclic) bond motifs is 1. The molecule has 0 bridgehead atoms. The third-order valence-electron chi connectivity index (χ3n) is 2.82. The van der Waals surface area contributed by atoms with Gasteiger partial charge in [0.2, 0.25) is 0 Å². The van der Waals surface area contributed by atoms with E-state index in [4.69, 9.17) is 0 Å². The van der Waals surface area contributed by atoms with Crippen molar-refractivity contribution < 1.29 is 0 Å². The van der Waals surface area contributed by atoms with Gasteiger partial charge in [-0.15, -0.1) is 22.7 Å². The molecule has 0 saturated heterocycles. The Hall–Kier alpha value is -0.340. The lowest BCUT2D eigenvalue weighted by molar-refractivity contribution is 1.15. The van der Waals surface area contributed by atoms with Crippen LogP contribution in [-0.4, -0.2) is 0 Å². The van der Waals surface area contributed by atoms with E-state index < -0.39 is 0 Å². The summed E-state index contributed by atoms with van der Waals surface area (Å²) in [7, 11) is 0. The molecule has 0 aliphatic heterocycles. The molecule has 0 atom stereocenters. The first-order valence-corrected chi connectivity index (χ1v) is 6.82. The maximum Gasteiger partial charge on any atom is 0.0490 e. The smallest absolute Gasteiger partial charge is 0.0490 e. The van der Waals surface area contributed by atoms with Gasteiger partial charge in [0.25, 0.3) is 0 Å². The number of hydrogen-bond acceptors (Lipinski definition) is 2. The Labute approximate surface area is 93.6 Å². The molecular weight excluding hydrogens is 208 g/mol. The monoisotopic (exact) mass is 224 g/mol. The Morgan fingerprint density at radius 3 is 1.43 bits per heavy atom. The average molecular weight is 224 g/mol. The lowest BCUT2D eigenvalue weighted by atomic mass is 10.1. The predicted molar refractivity (Wildman–Crippen MR) is 67.9 cm³/mol. The number of aryl methyl sites for hydroxylation is 4. The minimum Gasteiger partial charge on any atom is -0.139 e. The summed E-state index contributed by atoms with van der Waals surface area (Å²) >= 11 is 3.97. The SMILES string of the molecule is CCc1c(C)sc2c(CC)c(C)sc12. The van der Waals surface area contributed by atoms with E-state index in [-0.39, 0.29) is 0 Å². The van der Waals surface area contributed by atoms with Crippen molar-refractivity contribution in [3.63, 3.8) is 0 Å². The van der Waals surface area contributed by atoms with Crippen molar-refractivity contribution in [1.29, 1.82) is 0 Å². The summed E-state index contributed by atoms with van der Waals surface area (Å²) in [6.45, 7) is 9.03. The Morgan fingerprint density at radius 1 is 0.786 bits per heavy atom. The van der Waals surface area contributed by atoms with Crippen molar-refractivity contribution >= 4 is 32.1 Å². The quantitative estimate of drug-likeness (QED) is 0.693. The van der Waals surface area contributed by atoms with Crippen molar-refractivity contribution in [2.24, 2.45) is 0 Å². The van der Waals surface area contributed by atoms with Gasteiger partial charge in [0.05, 0.1) is 0 Å². The predicted octanol–water partition coefficient (Wildman–Crippen LogP) is 4.70. The second-order valence-electron chi connectivity index (χ2n) is 3.64. The third kappa shape index (κ3) is 1.32. The maximum atomic E-state index is 2.26. The first kappa shape index (κ1) is 10.2. The molecule has 0 radical (unpaired) electrons. The van der Waals surface area contributed by atoms with Gasteiger partial charge in [-0.1, -0.05) is 13.8 Å². The molecule has 0 unspecified atom stereocenters. The van der Waals surface area contributed by atoms with Crippen molar-refractivity contribution in [1.82, 2.24) is 0 Å². The van der Waals surface area contributed by atoms with Gasteiger partial charge in [-0.3, -0.25) is 0 Å². The maximum absolute atomic E-state index is 2.26. The van der Waals surface area contributed by atoms with E-state index in [1.807, 2.05) is 22.7 Å². The minimum absolute atomic E-state index is 1.18. The third-order valence-corrected chi connectivity index (χ3v) is 5.37. The largest absolute Gasteiger partial charge is 0.139 e. The highest BCUT2D eigenvalue weighted by atomic mass is 32.1. The number of rotatable bonds is 2. The van der Waals surface area contributed by atoms with Crippen molar-refractivity contribution in [2.45, 2.75) is 40.5 Å². The summed E-state index contributed by atoms with van der Waals surface area (Å²) in [6, 6.07) is 0. The molecule has 0 saturated carbocycles. The Balaban J connectivity index is 2.78. The van der Waals surface area contributed by atoms with Gasteiger partial charge in [0, 0.05) is 19.2 Å². The normalized spacial score (nSPS) is 11.4. The Morgan fingerprint density at radius 2 is 1.14 bits per heavy atom. The molecule has 0 aliphatic rings. The van der Waals surface area contributed by atoms with Crippen LogP contribution in [0.1, 0.15) is 34.7 Å². The van der Waals surface area contributed by atoms with Gasteiger partial charge in [-0.05, 0) is 37.8 Å². The molecule has 0 spiro atoms. The minimum atomic E-state index is 1.18. The highest BCUT2D eigenvalue weighted by Gasteiger charge is 2.14.